The molecule has 1 aliphatic rings. The van der Waals surface area contributed by atoms with Gasteiger partial charge in [-0.05, 0) is 51.4 Å². The first-order valence-electron chi connectivity index (χ1n) is 9.95. The Labute approximate surface area is 163 Å². The van der Waals surface area contributed by atoms with E-state index < -0.39 is 0 Å². The van der Waals surface area contributed by atoms with Crippen molar-refractivity contribution in [1.82, 2.24) is 29.6 Å². The van der Waals surface area contributed by atoms with Crippen molar-refractivity contribution in [2.24, 2.45) is 7.05 Å². The van der Waals surface area contributed by atoms with E-state index in [0.29, 0.717) is 5.82 Å². The predicted molar refractivity (Wildman–Crippen MR) is 112 cm³/mol. The molecular weight excluding hydrogens is 350 g/mol. The summed E-state index contributed by atoms with van der Waals surface area (Å²) in [4.78, 5) is 15.0. The third-order valence-electron chi connectivity index (χ3n) is 5.76. The van der Waals surface area contributed by atoms with Gasteiger partial charge < -0.3 is 15.6 Å². The monoisotopic (exact) mass is 375 g/mol. The summed E-state index contributed by atoms with van der Waals surface area (Å²) >= 11 is 0. The number of fused-ring (bicyclic) bond motifs is 3. The number of anilines is 1. The topological polar surface area (TPSA) is 88.6 Å². The zero-order valence-corrected chi connectivity index (χ0v) is 16.1. The third kappa shape index (κ3) is 3.01. The second kappa shape index (κ2) is 6.91. The molecule has 0 spiro atoms. The van der Waals surface area contributed by atoms with E-state index in [1.54, 1.807) is 4.68 Å². The van der Waals surface area contributed by atoms with Crippen LogP contribution in [0.5, 0.6) is 0 Å². The molecule has 0 bridgehead atoms. The highest BCUT2D eigenvalue weighted by Crippen LogP contribution is 2.33. The molecule has 144 valence electrons. The second-order valence-corrected chi connectivity index (χ2v) is 7.71. The highest BCUT2D eigenvalue weighted by Gasteiger charge is 2.16. The fourth-order valence-electron chi connectivity index (χ4n) is 4.32. The van der Waals surface area contributed by atoms with Crippen molar-refractivity contribution in [3.05, 3.63) is 36.4 Å². The van der Waals surface area contributed by atoms with Crippen molar-refractivity contribution >= 4 is 27.8 Å². The summed E-state index contributed by atoms with van der Waals surface area (Å²) < 4.78 is 1.81. The van der Waals surface area contributed by atoms with Gasteiger partial charge in [0.15, 0.2) is 0 Å². The Hall–Kier alpha value is -2.93. The Balaban J connectivity index is 1.55. The normalized spacial score (nSPS) is 15.2. The highest BCUT2D eigenvalue weighted by atomic mass is 15.2. The van der Waals surface area contributed by atoms with Crippen LogP contribution in [0.1, 0.15) is 24.8 Å². The number of nitrogens with two attached hydrogens (primary N) is 1. The molecule has 5 rings (SSSR count). The van der Waals surface area contributed by atoms with Gasteiger partial charge >= 0.3 is 0 Å². The van der Waals surface area contributed by atoms with Gasteiger partial charge in [-0.3, -0.25) is 4.68 Å². The van der Waals surface area contributed by atoms with Gasteiger partial charge in [0, 0.05) is 46.9 Å². The van der Waals surface area contributed by atoms with Gasteiger partial charge in [0.05, 0.1) is 17.9 Å². The van der Waals surface area contributed by atoms with Gasteiger partial charge in [0.2, 0.25) is 0 Å². The van der Waals surface area contributed by atoms with Crippen LogP contribution in [0.2, 0.25) is 0 Å². The van der Waals surface area contributed by atoms with E-state index in [1.165, 1.54) is 25.9 Å². The molecule has 7 nitrogen and oxygen atoms in total. The molecule has 0 atom stereocenters. The fraction of sp³-hybridized carbons (Fsp3) is 0.381. The van der Waals surface area contributed by atoms with Crippen LogP contribution < -0.4 is 5.73 Å². The summed E-state index contributed by atoms with van der Waals surface area (Å²) in [5.41, 5.74) is 11.4. The molecule has 0 unspecified atom stereocenters. The van der Waals surface area contributed by atoms with Crippen LogP contribution in [0.25, 0.3) is 33.1 Å². The number of rotatable bonds is 5. The van der Waals surface area contributed by atoms with Crippen LogP contribution in [0.4, 0.5) is 5.82 Å². The lowest BCUT2D eigenvalue weighted by Crippen LogP contribution is -2.20. The SMILES string of the molecule is Cn1cc(-c2cnc3[nH]c4cnc(N)c(CCCN5CCCC5)c4c3c2)cn1. The summed E-state index contributed by atoms with van der Waals surface area (Å²) in [5, 5.41) is 6.53. The molecule has 1 saturated heterocycles. The molecule has 0 amide bonds. The van der Waals surface area contributed by atoms with Crippen LogP contribution in [0.15, 0.2) is 30.9 Å². The van der Waals surface area contributed by atoms with Crippen molar-refractivity contribution in [3.63, 3.8) is 0 Å². The molecule has 4 aromatic rings. The number of nitrogens with zero attached hydrogens (tertiary/aromatic N) is 5. The number of aryl methyl sites for hydroxylation is 2. The first kappa shape index (κ1) is 17.2. The van der Waals surface area contributed by atoms with E-state index in [1.807, 2.05) is 31.8 Å². The number of H-pyrrole nitrogens is 1. The van der Waals surface area contributed by atoms with Crippen LogP contribution in [0.3, 0.4) is 0 Å². The summed E-state index contributed by atoms with van der Waals surface area (Å²) in [5.74, 6) is 0.626. The molecule has 28 heavy (non-hydrogen) atoms. The predicted octanol–water partition coefficient (Wildman–Crippen LogP) is 3.12. The molecule has 0 aromatic carbocycles. The minimum absolute atomic E-state index is 0.626. The quantitative estimate of drug-likeness (QED) is 0.559. The van der Waals surface area contributed by atoms with Crippen LogP contribution in [-0.2, 0) is 13.5 Å². The third-order valence-corrected chi connectivity index (χ3v) is 5.76. The molecule has 3 N–H and O–H groups in total. The Kier molecular flexibility index (Phi) is 4.24. The lowest BCUT2D eigenvalue weighted by molar-refractivity contribution is 0.334. The molecule has 0 saturated carbocycles. The standard InChI is InChI=1S/C21H25N7/c1-27-13-15(11-25-27)14-9-17-19-16(5-4-8-28-6-2-3-7-28)20(22)23-12-18(19)26-21(17)24-10-14/h9-13H,2-8H2,1H3,(H2,22,23)(H,24,26). The minimum atomic E-state index is 0.626. The number of pyridine rings is 2. The van der Waals surface area contributed by atoms with E-state index in [-0.39, 0.29) is 0 Å². The molecular formula is C21H25N7. The lowest BCUT2D eigenvalue weighted by atomic mass is 10.0. The smallest absolute Gasteiger partial charge is 0.138 e. The maximum Gasteiger partial charge on any atom is 0.138 e. The number of nitrogen functional groups attached to an aromatic ring is 1. The van der Waals surface area contributed by atoms with Gasteiger partial charge in [0.1, 0.15) is 11.5 Å². The Morgan fingerprint density at radius 1 is 1.11 bits per heavy atom. The highest BCUT2D eigenvalue weighted by molar-refractivity contribution is 6.09. The van der Waals surface area contributed by atoms with Gasteiger partial charge in [-0.1, -0.05) is 0 Å². The first-order chi connectivity index (χ1) is 13.7. The number of nitrogens with one attached hydrogen (secondary N) is 1. The maximum atomic E-state index is 6.31. The largest absolute Gasteiger partial charge is 0.383 e. The van der Waals surface area contributed by atoms with Gasteiger partial charge in [-0.15, -0.1) is 0 Å². The van der Waals surface area contributed by atoms with Crippen LogP contribution in [0, 0.1) is 0 Å². The van der Waals surface area contributed by atoms with E-state index in [4.69, 9.17) is 5.73 Å². The minimum Gasteiger partial charge on any atom is -0.383 e. The number of hydrogen-bond acceptors (Lipinski definition) is 5. The van der Waals surface area contributed by atoms with Gasteiger partial charge in [0.25, 0.3) is 0 Å². The van der Waals surface area contributed by atoms with E-state index >= 15 is 0 Å². The Morgan fingerprint density at radius 2 is 1.96 bits per heavy atom. The molecule has 7 heteroatoms. The zero-order chi connectivity index (χ0) is 19.1. The van der Waals surface area contributed by atoms with Crippen molar-refractivity contribution in [2.75, 3.05) is 25.4 Å². The number of aromatic amines is 1. The first-order valence-corrected chi connectivity index (χ1v) is 9.95. The molecule has 4 aromatic heterocycles. The Bertz CT molecular complexity index is 1130. The van der Waals surface area contributed by atoms with Gasteiger partial charge in [-0.25, -0.2) is 9.97 Å². The molecule has 5 heterocycles. The molecule has 1 aliphatic heterocycles. The summed E-state index contributed by atoms with van der Waals surface area (Å²) in [6.07, 6.45) is 12.2. The number of hydrogen-bond donors (Lipinski definition) is 2. The van der Waals surface area contributed by atoms with Gasteiger partial charge in [-0.2, -0.15) is 5.10 Å². The zero-order valence-electron chi connectivity index (χ0n) is 16.1. The molecule has 0 aliphatic carbocycles. The van der Waals surface area contributed by atoms with E-state index in [2.05, 4.69) is 31.0 Å². The van der Waals surface area contributed by atoms with Crippen LogP contribution >= 0.6 is 0 Å². The van der Waals surface area contributed by atoms with Crippen molar-refractivity contribution in [2.45, 2.75) is 25.7 Å². The van der Waals surface area contributed by atoms with Crippen molar-refractivity contribution in [3.8, 4) is 11.1 Å². The van der Waals surface area contributed by atoms with Crippen LogP contribution in [-0.4, -0.2) is 49.3 Å². The number of aromatic nitrogens is 5. The fourth-order valence-corrected chi connectivity index (χ4v) is 4.32. The average Bonchev–Trinajstić information content (AvgIpc) is 3.42. The summed E-state index contributed by atoms with van der Waals surface area (Å²) in [6, 6.07) is 2.18. The van der Waals surface area contributed by atoms with Crippen molar-refractivity contribution in [1.29, 1.82) is 0 Å². The van der Waals surface area contributed by atoms with E-state index in [9.17, 15) is 0 Å². The summed E-state index contributed by atoms with van der Waals surface area (Å²) in [7, 11) is 1.92. The Morgan fingerprint density at radius 3 is 2.75 bits per heavy atom. The van der Waals surface area contributed by atoms with E-state index in [0.717, 1.165) is 58.0 Å². The summed E-state index contributed by atoms with van der Waals surface area (Å²) in [6.45, 7) is 3.57. The average molecular weight is 375 g/mol. The number of likely N-dealkylation sites (tertiary alicyclic amines) is 1. The van der Waals surface area contributed by atoms with Crippen molar-refractivity contribution < 1.29 is 0 Å². The lowest BCUT2D eigenvalue weighted by Gasteiger charge is -2.14. The maximum absolute atomic E-state index is 6.31. The molecule has 0 radical (unpaired) electrons. The molecule has 1 fully saturated rings. The second-order valence-electron chi connectivity index (χ2n) is 7.71.